The molecule has 1 aliphatic rings. The summed E-state index contributed by atoms with van der Waals surface area (Å²) >= 11 is 0. The highest BCUT2D eigenvalue weighted by Crippen LogP contribution is 2.39. The lowest BCUT2D eigenvalue weighted by atomic mass is 10.1. The van der Waals surface area contributed by atoms with Crippen molar-refractivity contribution < 1.29 is 0 Å². The Morgan fingerprint density at radius 1 is 1.57 bits per heavy atom. The molecule has 0 radical (unpaired) electrons. The fourth-order valence-electron chi connectivity index (χ4n) is 1.88. The van der Waals surface area contributed by atoms with E-state index in [0.29, 0.717) is 5.92 Å². The molecule has 1 saturated carbocycles. The predicted octanol–water partition coefficient (Wildman–Crippen LogP) is 1.88. The lowest BCUT2D eigenvalue weighted by Crippen LogP contribution is -2.17. The summed E-state index contributed by atoms with van der Waals surface area (Å²) in [4.78, 5) is 0. The van der Waals surface area contributed by atoms with E-state index in [1.807, 2.05) is 0 Å². The van der Waals surface area contributed by atoms with E-state index >= 15 is 0 Å². The van der Waals surface area contributed by atoms with Crippen LogP contribution in [-0.2, 0) is 13.0 Å². The zero-order valence-corrected chi connectivity index (χ0v) is 9.03. The molecule has 0 spiro atoms. The Kier molecular flexibility index (Phi) is 2.59. The number of hydrogen-bond acceptors (Lipinski definition) is 2. The lowest BCUT2D eigenvalue weighted by molar-refractivity contribution is 0.533. The largest absolute Gasteiger partial charge is 0.322 e. The first kappa shape index (κ1) is 9.71. The van der Waals surface area contributed by atoms with Crippen LogP contribution in [-0.4, -0.2) is 9.78 Å². The molecule has 2 N–H and O–H groups in total. The Morgan fingerprint density at radius 3 is 2.79 bits per heavy atom. The van der Waals surface area contributed by atoms with Crippen molar-refractivity contribution in [3.05, 3.63) is 17.5 Å². The first-order chi connectivity index (χ1) is 6.76. The van der Waals surface area contributed by atoms with Crippen LogP contribution in [0.5, 0.6) is 0 Å². The van der Waals surface area contributed by atoms with Crippen LogP contribution in [0.2, 0.25) is 0 Å². The maximum atomic E-state index is 6.18. The van der Waals surface area contributed by atoms with Gasteiger partial charge in [0.15, 0.2) is 0 Å². The van der Waals surface area contributed by atoms with Crippen molar-refractivity contribution in [2.45, 2.75) is 45.7 Å². The average Bonchev–Trinajstić information content (AvgIpc) is 2.96. The van der Waals surface area contributed by atoms with Gasteiger partial charge >= 0.3 is 0 Å². The van der Waals surface area contributed by atoms with E-state index in [1.54, 1.807) is 0 Å². The smallest absolute Gasteiger partial charge is 0.0625 e. The second kappa shape index (κ2) is 3.73. The van der Waals surface area contributed by atoms with Gasteiger partial charge in [0.1, 0.15) is 0 Å². The Bertz CT molecular complexity index is 312. The molecule has 2 rings (SSSR count). The topological polar surface area (TPSA) is 43.8 Å². The molecule has 3 nitrogen and oxygen atoms in total. The van der Waals surface area contributed by atoms with Crippen LogP contribution < -0.4 is 5.73 Å². The molecule has 0 bridgehead atoms. The van der Waals surface area contributed by atoms with E-state index in [1.165, 1.54) is 18.5 Å². The second-order valence-electron chi connectivity index (χ2n) is 4.09. The number of nitrogens with zero attached hydrogens (tertiary/aromatic N) is 2. The molecule has 0 aromatic carbocycles. The van der Waals surface area contributed by atoms with Crippen LogP contribution in [0.1, 0.15) is 44.1 Å². The summed E-state index contributed by atoms with van der Waals surface area (Å²) in [5, 5.41) is 4.52. The molecule has 0 aliphatic heterocycles. The molecule has 1 aliphatic carbocycles. The summed E-state index contributed by atoms with van der Waals surface area (Å²) in [5.41, 5.74) is 8.58. The number of hydrogen-bond donors (Lipinski definition) is 1. The molecule has 1 heterocycles. The summed E-state index contributed by atoms with van der Waals surface area (Å²) < 4.78 is 2.06. The zero-order chi connectivity index (χ0) is 10.1. The molecular weight excluding hydrogens is 174 g/mol. The highest BCUT2D eigenvalue weighted by atomic mass is 15.3. The third kappa shape index (κ3) is 1.69. The molecule has 3 heteroatoms. The minimum absolute atomic E-state index is 0.211. The minimum atomic E-state index is 0.211. The van der Waals surface area contributed by atoms with Crippen molar-refractivity contribution in [1.82, 2.24) is 9.78 Å². The van der Waals surface area contributed by atoms with Crippen LogP contribution in [0.4, 0.5) is 0 Å². The number of aromatic nitrogens is 2. The Labute approximate surface area is 85.3 Å². The number of nitrogens with two attached hydrogens (primary N) is 1. The van der Waals surface area contributed by atoms with Gasteiger partial charge in [-0.15, -0.1) is 0 Å². The van der Waals surface area contributed by atoms with Gasteiger partial charge in [0.25, 0.3) is 0 Å². The Morgan fingerprint density at radius 2 is 2.29 bits per heavy atom. The van der Waals surface area contributed by atoms with Crippen molar-refractivity contribution in [1.29, 1.82) is 0 Å². The van der Waals surface area contributed by atoms with Gasteiger partial charge < -0.3 is 5.73 Å². The third-order valence-electron chi connectivity index (χ3n) is 2.99. The van der Waals surface area contributed by atoms with Gasteiger partial charge in [-0.05, 0) is 38.2 Å². The van der Waals surface area contributed by atoms with Gasteiger partial charge in [-0.3, -0.25) is 4.68 Å². The Hall–Kier alpha value is -0.830. The molecule has 0 amide bonds. The first-order valence-corrected chi connectivity index (χ1v) is 5.58. The van der Waals surface area contributed by atoms with Crippen LogP contribution >= 0.6 is 0 Å². The molecule has 1 fully saturated rings. The van der Waals surface area contributed by atoms with E-state index in [0.717, 1.165) is 18.7 Å². The summed E-state index contributed by atoms with van der Waals surface area (Å²) in [6, 6.07) is 2.38. The highest BCUT2D eigenvalue weighted by molar-refractivity contribution is 5.16. The highest BCUT2D eigenvalue weighted by Gasteiger charge is 2.31. The standard InChI is InChI=1S/C11H19N3/c1-3-9-7-10(14(4-2)13-9)11(12)8-5-6-8/h7-8,11H,3-6,12H2,1-2H3. The van der Waals surface area contributed by atoms with E-state index < -0.39 is 0 Å². The van der Waals surface area contributed by atoms with E-state index in [2.05, 4.69) is 29.7 Å². The van der Waals surface area contributed by atoms with Crippen LogP contribution in [0.15, 0.2) is 6.07 Å². The summed E-state index contributed by atoms with van der Waals surface area (Å²) in [5.74, 6) is 0.710. The van der Waals surface area contributed by atoms with Crippen molar-refractivity contribution in [2.75, 3.05) is 0 Å². The van der Waals surface area contributed by atoms with E-state index in [4.69, 9.17) is 5.73 Å². The van der Waals surface area contributed by atoms with Gasteiger partial charge in [0.2, 0.25) is 0 Å². The lowest BCUT2D eigenvalue weighted by Gasteiger charge is -2.11. The maximum Gasteiger partial charge on any atom is 0.0625 e. The molecule has 14 heavy (non-hydrogen) atoms. The second-order valence-corrected chi connectivity index (χ2v) is 4.09. The van der Waals surface area contributed by atoms with Crippen molar-refractivity contribution in [3.8, 4) is 0 Å². The maximum absolute atomic E-state index is 6.18. The van der Waals surface area contributed by atoms with E-state index in [9.17, 15) is 0 Å². The predicted molar refractivity (Wildman–Crippen MR) is 56.9 cm³/mol. The molecule has 1 unspecified atom stereocenters. The molecule has 1 atom stereocenters. The van der Waals surface area contributed by atoms with Gasteiger partial charge in [0.05, 0.1) is 11.4 Å². The van der Waals surface area contributed by atoms with Crippen LogP contribution in [0.3, 0.4) is 0 Å². The van der Waals surface area contributed by atoms with Crippen molar-refractivity contribution in [3.63, 3.8) is 0 Å². The number of rotatable bonds is 4. The van der Waals surface area contributed by atoms with Gasteiger partial charge in [-0.25, -0.2) is 0 Å². The fraction of sp³-hybridized carbons (Fsp3) is 0.727. The van der Waals surface area contributed by atoms with Crippen LogP contribution in [0, 0.1) is 5.92 Å². The van der Waals surface area contributed by atoms with Gasteiger partial charge in [-0.1, -0.05) is 6.92 Å². The van der Waals surface area contributed by atoms with Crippen molar-refractivity contribution >= 4 is 0 Å². The van der Waals surface area contributed by atoms with Crippen LogP contribution in [0.25, 0.3) is 0 Å². The normalized spacial score (nSPS) is 18.5. The molecule has 78 valence electrons. The number of aryl methyl sites for hydroxylation is 2. The van der Waals surface area contributed by atoms with E-state index in [-0.39, 0.29) is 6.04 Å². The van der Waals surface area contributed by atoms with Gasteiger partial charge in [-0.2, -0.15) is 5.10 Å². The zero-order valence-electron chi connectivity index (χ0n) is 9.03. The molecule has 1 aromatic rings. The summed E-state index contributed by atoms with van der Waals surface area (Å²) in [6.07, 6.45) is 3.58. The first-order valence-electron chi connectivity index (χ1n) is 5.58. The summed E-state index contributed by atoms with van der Waals surface area (Å²) in [6.45, 7) is 5.18. The van der Waals surface area contributed by atoms with Gasteiger partial charge in [0, 0.05) is 12.6 Å². The quantitative estimate of drug-likeness (QED) is 0.793. The Balaban J connectivity index is 2.24. The average molecular weight is 193 g/mol. The molecule has 0 saturated heterocycles. The minimum Gasteiger partial charge on any atom is -0.322 e. The fourth-order valence-corrected chi connectivity index (χ4v) is 1.88. The summed E-state index contributed by atoms with van der Waals surface area (Å²) in [7, 11) is 0. The SMILES string of the molecule is CCc1cc(C(N)C2CC2)n(CC)n1. The molecular formula is C11H19N3. The monoisotopic (exact) mass is 193 g/mol. The third-order valence-corrected chi connectivity index (χ3v) is 2.99. The van der Waals surface area contributed by atoms with Crippen molar-refractivity contribution in [2.24, 2.45) is 11.7 Å². The molecule has 1 aromatic heterocycles.